The summed E-state index contributed by atoms with van der Waals surface area (Å²) in [5.41, 5.74) is 2.05. The van der Waals surface area contributed by atoms with E-state index in [0.29, 0.717) is 16.6 Å². The molecule has 0 radical (unpaired) electrons. The molecular formula is C14H20O. The van der Waals surface area contributed by atoms with E-state index in [1.807, 2.05) is 0 Å². The minimum atomic E-state index is 0.240. The molecule has 3 fully saturated rings. The molecule has 0 bridgehead atoms. The van der Waals surface area contributed by atoms with Crippen molar-refractivity contribution in [2.75, 3.05) is 0 Å². The van der Waals surface area contributed by atoms with Gasteiger partial charge >= 0.3 is 0 Å². The molecule has 1 spiro atoms. The van der Waals surface area contributed by atoms with Gasteiger partial charge in [0.15, 0.2) is 0 Å². The third-order valence-corrected chi connectivity index (χ3v) is 5.07. The van der Waals surface area contributed by atoms with Crippen molar-refractivity contribution in [3.63, 3.8) is 0 Å². The molecule has 0 aromatic carbocycles. The highest BCUT2D eigenvalue weighted by Gasteiger charge is 2.63. The lowest BCUT2D eigenvalue weighted by molar-refractivity contribution is -0.120. The van der Waals surface area contributed by atoms with Gasteiger partial charge in [-0.25, -0.2) is 0 Å². The third kappa shape index (κ3) is 1.07. The second kappa shape index (κ2) is 2.56. The third-order valence-electron chi connectivity index (χ3n) is 5.07. The maximum atomic E-state index is 12.0. The summed E-state index contributed by atoms with van der Waals surface area (Å²) in [6.07, 6.45) is 5.63. The molecule has 3 aliphatic carbocycles. The van der Waals surface area contributed by atoms with Crippen LogP contribution in [0.4, 0.5) is 0 Å². The molecule has 3 rings (SSSR count). The SMILES string of the molecule is C=C1C[C@@H]2CC(C)(C)C[C@]23CCC(=O)C13. The predicted molar refractivity (Wildman–Crippen MR) is 60.4 cm³/mol. The number of allylic oxidation sites excluding steroid dienone is 1. The number of carbonyl (C=O) groups excluding carboxylic acids is 1. The van der Waals surface area contributed by atoms with Crippen molar-refractivity contribution in [1.82, 2.24) is 0 Å². The molecule has 0 heterocycles. The highest BCUT2D eigenvalue weighted by atomic mass is 16.1. The van der Waals surface area contributed by atoms with Crippen LogP contribution < -0.4 is 0 Å². The molecule has 1 unspecified atom stereocenters. The fraction of sp³-hybridized carbons (Fsp3) is 0.786. The van der Waals surface area contributed by atoms with Gasteiger partial charge < -0.3 is 0 Å². The van der Waals surface area contributed by atoms with Crippen LogP contribution >= 0.6 is 0 Å². The van der Waals surface area contributed by atoms with Gasteiger partial charge in [-0.3, -0.25) is 4.79 Å². The van der Waals surface area contributed by atoms with Crippen LogP contribution in [0.25, 0.3) is 0 Å². The maximum absolute atomic E-state index is 12.0. The van der Waals surface area contributed by atoms with Crippen molar-refractivity contribution < 1.29 is 4.79 Å². The van der Waals surface area contributed by atoms with E-state index >= 15 is 0 Å². The normalized spacial score (nSPS) is 47.1. The summed E-state index contributed by atoms with van der Waals surface area (Å²) in [5.74, 6) is 1.49. The largest absolute Gasteiger partial charge is 0.299 e. The Labute approximate surface area is 91.9 Å². The Balaban J connectivity index is 2.05. The molecule has 0 aromatic rings. The van der Waals surface area contributed by atoms with Crippen LogP contribution in [0.1, 0.15) is 46.0 Å². The monoisotopic (exact) mass is 204 g/mol. The summed E-state index contributed by atoms with van der Waals surface area (Å²) in [7, 11) is 0. The Hall–Kier alpha value is -0.590. The van der Waals surface area contributed by atoms with Gasteiger partial charge in [-0.2, -0.15) is 0 Å². The predicted octanol–water partition coefficient (Wildman–Crippen LogP) is 3.35. The van der Waals surface area contributed by atoms with E-state index in [1.165, 1.54) is 18.4 Å². The lowest BCUT2D eigenvalue weighted by Crippen LogP contribution is -2.26. The summed E-state index contributed by atoms with van der Waals surface area (Å²) in [4.78, 5) is 12.0. The van der Waals surface area contributed by atoms with Gasteiger partial charge in [0.1, 0.15) is 5.78 Å². The molecule has 0 saturated heterocycles. The van der Waals surface area contributed by atoms with Gasteiger partial charge in [0.2, 0.25) is 0 Å². The Morgan fingerprint density at radius 2 is 2.13 bits per heavy atom. The van der Waals surface area contributed by atoms with Crippen molar-refractivity contribution in [1.29, 1.82) is 0 Å². The Bertz CT molecular complexity index is 352. The standard InChI is InChI=1S/C14H20O/c1-9-6-10-7-13(2,3)8-14(10)5-4-11(15)12(9)14/h10,12H,1,4-8H2,2-3H3/t10-,12?,14-/m1/s1. The zero-order valence-corrected chi connectivity index (χ0v) is 9.81. The number of hydrogen-bond acceptors (Lipinski definition) is 1. The van der Waals surface area contributed by atoms with E-state index in [-0.39, 0.29) is 5.92 Å². The fourth-order valence-electron chi connectivity index (χ4n) is 4.92. The van der Waals surface area contributed by atoms with Crippen LogP contribution in [0.3, 0.4) is 0 Å². The average Bonchev–Trinajstić information content (AvgIpc) is 2.59. The quantitative estimate of drug-likeness (QED) is 0.553. The van der Waals surface area contributed by atoms with E-state index in [2.05, 4.69) is 20.4 Å². The van der Waals surface area contributed by atoms with E-state index in [4.69, 9.17) is 0 Å². The first-order valence-electron chi connectivity index (χ1n) is 6.15. The maximum Gasteiger partial charge on any atom is 0.140 e. The summed E-state index contributed by atoms with van der Waals surface area (Å²) < 4.78 is 0. The molecule has 0 aliphatic heterocycles. The molecule has 3 saturated carbocycles. The van der Waals surface area contributed by atoms with Gasteiger partial charge in [0.25, 0.3) is 0 Å². The molecule has 1 nitrogen and oxygen atoms in total. The van der Waals surface area contributed by atoms with E-state index in [9.17, 15) is 4.79 Å². The highest BCUT2D eigenvalue weighted by molar-refractivity contribution is 5.88. The Kier molecular flexibility index (Phi) is 1.64. The first kappa shape index (κ1) is 9.62. The van der Waals surface area contributed by atoms with E-state index < -0.39 is 0 Å². The summed E-state index contributed by atoms with van der Waals surface area (Å²) >= 11 is 0. The lowest BCUT2D eigenvalue weighted by Gasteiger charge is -2.29. The number of carbonyl (C=O) groups is 1. The molecule has 0 amide bonds. The van der Waals surface area contributed by atoms with Crippen molar-refractivity contribution in [2.24, 2.45) is 22.7 Å². The zero-order chi connectivity index (χ0) is 10.8. The molecule has 0 aromatic heterocycles. The van der Waals surface area contributed by atoms with E-state index in [0.717, 1.165) is 25.2 Å². The fourth-order valence-corrected chi connectivity index (χ4v) is 4.92. The Morgan fingerprint density at radius 3 is 2.87 bits per heavy atom. The minimum Gasteiger partial charge on any atom is -0.299 e. The van der Waals surface area contributed by atoms with Crippen LogP contribution in [0.2, 0.25) is 0 Å². The Morgan fingerprint density at radius 1 is 1.40 bits per heavy atom. The van der Waals surface area contributed by atoms with E-state index in [1.54, 1.807) is 0 Å². The molecule has 82 valence electrons. The first-order valence-corrected chi connectivity index (χ1v) is 6.15. The molecule has 1 heteroatoms. The van der Waals surface area contributed by atoms with Gasteiger partial charge in [-0.15, -0.1) is 0 Å². The highest BCUT2D eigenvalue weighted by Crippen LogP contribution is 2.69. The zero-order valence-electron chi connectivity index (χ0n) is 9.81. The molecule has 0 N–H and O–H groups in total. The van der Waals surface area contributed by atoms with Gasteiger partial charge in [0.05, 0.1) is 0 Å². The second-order valence-corrected chi connectivity index (χ2v) is 6.74. The second-order valence-electron chi connectivity index (χ2n) is 6.74. The van der Waals surface area contributed by atoms with Crippen LogP contribution in [0, 0.1) is 22.7 Å². The summed E-state index contributed by atoms with van der Waals surface area (Å²) in [5, 5.41) is 0. The lowest BCUT2D eigenvalue weighted by atomic mass is 9.73. The molecule has 3 aliphatic rings. The van der Waals surface area contributed by atoms with Gasteiger partial charge in [-0.1, -0.05) is 26.0 Å². The van der Waals surface area contributed by atoms with Crippen molar-refractivity contribution in [3.8, 4) is 0 Å². The number of ketones is 1. The van der Waals surface area contributed by atoms with Crippen LogP contribution in [0.15, 0.2) is 12.2 Å². The first-order chi connectivity index (χ1) is 6.95. The van der Waals surface area contributed by atoms with Crippen molar-refractivity contribution >= 4 is 5.78 Å². The van der Waals surface area contributed by atoms with Crippen molar-refractivity contribution in [3.05, 3.63) is 12.2 Å². The van der Waals surface area contributed by atoms with Crippen LogP contribution in [-0.4, -0.2) is 5.78 Å². The number of hydrogen-bond donors (Lipinski definition) is 0. The van der Waals surface area contributed by atoms with Gasteiger partial charge in [-0.05, 0) is 42.4 Å². The smallest absolute Gasteiger partial charge is 0.140 e. The topological polar surface area (TPSA) is 17.1 Å². The molecule has 3 atom stereocenters. The van der Waals surface area contributed by atoms with Gasteiger partial charge in [0, 0.05) is 12.3 Å². The summed E-state index contributed by atoms with van der Waals surface area (Å²) in [6, 6.07) is 0. The summed E-state index contributed by atoms with van der Waals surface area (Å²) in [6.45, 7) is 8.88. The average molecular weight is 204 g/mol. The molecule has 15 heavy (non-hydrogen) atoms. The van der Waals surface area contributed by atoms with Crippen LogP contribution in [0.5, 0.6) is 0 Å². The number of rotatable bonds is 0. The van der Waals surface area contributed by atoms with Crippen molar-refractivity contribution in [2.45, 2.75) is 46.0 Å². The minimum absolute atomic E-state index is 0.240. The molecular weight excluding hydrogens is 184 g/mol. The number of Topliss-reactive ketones (excluding diaryl/α,β-unsaturated/α-hetero) is 1. The van der Waals surface area contributed by atoms with Crippen LogP contribution in [-0.2, 0) is 4.79 Å².